The fourth-order valence-electron chi connectivity index (χ4n) is 2.35. The molecule has 0 amide bonds. The summed E-state index contributed by atoms with van der Waals surface area (Å²) in [7, 11) is 0. The molecule has 1 aliphatic rings. The molecule has 0 radical (unpaired) electrons. The van der Waals surface area contributed by atoms with Crippen molar-refractivity contribution in [3.8, 4) is 0 Å². The van der Waals surface area contributed by atoms with Gasteiger partial charge in [0.15, 0.2) is 0 Å². The zero-order valence-electron chi connectivity index (χ0n) is 11.5. The average Bonchev–Trinajstić information content (AvgIpc) is 2.71. The lowest BCUT2D eigenvalue weighted by atomic mass is 10.1. The van der Waals surface area contributed by atoms with Gasteiger partial charge < -0.3 is 9.84 Å². The number of hydrogen-bond donors (Lipinski definition) is 1. The van der Waals surface area contributed by atoms with Crippen LogP contribution in [0.5, 0.6) is 0 Å². The Bertz CT molecular complexity index is 490. The molecule has 2 rings (SSSR count). The first-order chi connectivity index (χ1) is 8.97. The van der Waals surface area contributed by atoms with Gasteiger partial charge in [0.05, 0.1) is 17.8 Å². The number of carboxylic acid groups (broad SMARTS) is 1. The summed E-state index contributed by atoms with van der Waals surface area (Å²) in [5.74, 6) is -0.145. The van der Waals surface area contributed by atoms with Crippen molar-refractivity contribution in [3.05, 3.63) is 22.9 Å². The van der Waals surface area contributed by atoms with Crippen LogP contribution in [-0.2, 0) is 4.74 Å². The third-order valence-corrected chi connectivity index (χ3v) is 4.36. The second kappa shape index (κ2) is 5.92. The van der Waals surface area contributed by atoms with Gasteiger partial charge in [-0.05, 0) is 45.2 Å². The number of aromatic carboxylic acids is 1. The molecule has 2 unspecified atom stereocenters. The number of ether oxygens (including phenoxy) is 1. The lowest BCUT2D eigenvalue weighted by molar-refractivity contribution is 0.0683. The Kier molecular flexibility index (Phi) is 4.47. The van der Waals surface area contributed by atoms with Crippen molar-refractivity contribution in [1.29, 1.82) is 0 Å². The van der Waals surface area contributed by atoms with Gasteiger partial charge in [0, 0.05) is 11.4 Å². The molecule has 1 saturated heterocycles. The molecular formula is C14H19NO3S. The zero-order valence-corrected chi connectivity index (χ0v) is 12.3. The van der Waals surface area contributed by atoms with Crippen LogP contribution in [0.15, 0.2) is 11.1 Å². The molecule has 0 aromatic carbocycles. The van der Waals surface area contributed by atoms with E-state index in [1.54, 1.807) is 0 Å². The second-order valence-electron chi connectivity index (χ2n) is 5.02. The topological polar surface area (TPSA) is 59.4 Å². The van der Waals surface area contributed by atoms with Crippen LogP contribution in [0.25, 0.3) is 0 Å². The van der Waals surface area contributed by atoms with Gasteiger partial charge in [-0.25, -0.2) is 9.78 Å². The third-order valence-electron chi connectivity index (χ3n) is 3.25. The van der Waals surface area contributed by atoms with E-state index in [0.29, 0.717) is 16.7 Å². The summed E-state index contributed by atoms with van der Waals surface area (Å²) in [6.45, 7) is 5.77. The number of aromatic nitrogens is 1. The summed E-state index contributed by atoms with van der Waals surface area (Å²) in [5, 5.41) is 9.89. The van der Waals surface area contributed by atoms with Crippen molar-refractivity contribution in [2.24, 2.45) is 0 Å². The van der Waals surface area contributed by atoms with Gasteiger partial charge in [0.2, 0.25) is 0 Å². The Hall–Kier alpha value is -1.07. The predicted octanol–water partition coefficient (Wildman–Crippen LogP) is 3.06. The molecule has 1 aliphatic heterocycles. The number of aryl methyl sites for hydroxylation is 2. The second-order valence-corrected chi connectivity index (χ2v) is 6.03. The zero-order chi connectivity index (χ0) is 14.0. The van der Waals surface area contributed by atoms with E-state index in [-0.39, 0.29) is 6.10 Å². The molecule has 104 valence electrons. The van der Waals surface area contributed by atoms with E-state index in [1.807, 2.05) is 19.9 Å². The van der Waals surface area contributed by atoms with Gasteiger partial charge in [-0.3, -0.25) is 0 Å². The summed E-state index contributed by atoms with van der Waals surface area (Å²) in [6.07, 6.45) is 2.65. The molecule has 2 heterocycles. The first kappa shape index (κ1) is 14.3. The standard InChI is InChI=1S/C14H19NO3S/c1-8-6-9(2)15-13(12(8)14(16)17)19-7-11-5-4-10(3)18-11/h6,10-11H,4-5,7H2,1-3H3,(H,16,17). The number of hydrogen-bond acceptors (Lipinski definition) is 4. The van der Waals surface area contributed by atoms with E-state index in [0.717, 1.165) is 29.9 Å². The molecule has 4 nitrogen and oxygen atoms in total. The summed E-state index contributed by atoms with van der Waals surface area (Å²) < 4.78 is 5.75. The largest absolute Gasteiger partial charge is 0.478 e. The van der Waals surface area contributed by atoms with Crippen LogP contribution in [0.1, 0.15) is 41.4 Å². The van der Waals surface area contributed by atoms with Gasteiger partial charge in [0.1, 0.15) is 5.03 Å². The minimum atomic E-state index is -0.909. The van der Waals surface area contributed by atoms with Crippen LogP contribution < -0.4 is 0 Å². The maximum Gasteiger partial charge on any atom is 0.338 e. The summed E-state index contributed by atoms with van der Waals surface area (Å²) in [4.78, 5) is 15.7. The van der Waals surface area contributed by atoms with Gasteiger partial charge >= 0.3 is 5.97 Å². The van der Waals surface area contributed by atoms with Crippen molar-refractivity contribution in [3.63, 3.8) is 0 Å². The minimum Gasteiger partial charge on any atom is -0.478 e. The number of rotatable bonds is 4. The molecule has 0 aliphatic carbocycles. The van der Waals surface area contributed by atoms with Gasteiger partial charge in [-0.1, -0.05) is 0 Å². The maximum atomic E-state index is 11.3. The molecule has 2 atom stereocenters. The summed E-state index contributed by atoms with van der Waals surface area (Å²) in [6, 6.07) is 1.81. The molecule has 0 saturated carbocycles. The van der Waals surface area contributed by atoms with Crippen LogP contribution in [-0.4, -0.2) is 34.0 Å². The molecule has 0 bridgehead atoms. The summed E-state index contributed by atoms with van der Waals surface area (Å²) in [5.41, 5.74) is 1.94. The number of thioether (sulfide) groups is 1. The lowest BCUT2D eigenvalue weighted by Gasteiger charge is -2.13. The highest BCUT2D eigenvalue weighted by atomic mass is 32.2. The van der Waals surface area contributed by atoms with Crippen molar-refractivity contribution in [2.45, 2.75) is 50.8 Å². The SMILES string of the molecule is Cc1cc(C)c(C(=O)O)c(SCC2CCC(C)O2)n1. The third kappa shape index (κ3) is 3.48. The van der Waals surface area contributed by atoms with E-state index < -0.39 is 5.97 Å². The first-order valence-corrected chi connectivity index (χ1v) is 7.45. The van der Waals surface area contributed by atoms with Crippen molar-refractivity contribution >= 4 is 17.7 Å². The number of carboxylic acids is 1. The Balaban J connectivity index is 2.12. The number of nitrogens with zero attached hydrogens (tertiary/aromatic N) is 1. The van der Waals surface area contributed by atoms with Crippen molar-refractivity contribution < 1.29 is 14.6 Å². The summed E-state index contributed by atoms with van der Waals surface area (Å²) >= 11 is 1.49. The van der Waals surface area contributed by atoms with E-state index in [1.165, 1.54) is 11.8 Å². The molecule has 19 heavy (non-hydrogen) atoms. The Morgan fingerprint density at radius 2 is 2.26 bits per heavy atom. The molecule has 5 heteroatoms. The first-order valence-electron chi connectivity index (χ1n) is 6.47. The average molecular weight is 281 g/mol. The Morgan fingerprint density at radius 1 is 1.53 bits per heavy atom. The van der Waals surface area contributed by atoms with E-state index in [2.05, 4.69) is 11.9 Å². The van der Waals surface area contributed by atoms with E-state index >= 15 is 0 Å². The van der Waals surface area contributed by atoms with Crippen molar-refractivity contribution in [1.82, 2.24) is 4.98 Å². The molecule has 0 spiro atoms. The molecular weight excluding hydrogens is 262 g/mol. The van der Waals surface area contributed by atoms with Crippen LogP contribution in [0.3, 0.4) is 0 Å². The van der Waals surface area contributed by atoms with Gasteiger partial charge in [-0.2, -0.15) is 0 Å². The maximum absolute atomic E-state index is 11.3. The molecule has 1 aromatic heterocycles. The van der Waals surface area contributed by atoms with Crippen LogP contribution >= 0.6 is 11.8 Å². The highest BCUT2D eigenvalue weighted by molar-refractivity contribution is 7.99. The Morgan fingerprint density at radius 3 is 2.84 bits per heavy atom. The lowest BCUT2D eigenvalue weighted by Crippen LogP contribution is -2.12. The smallest absolute Gasteiger partial charge is 0.338 e. The van der Waals surface area contributed by atoms with Crippen LogP contribution in [0.2, 0.25) is 0 Å². The molecule has 1 N–H and O–H groups in total. The van der Waals surface area contributed by atoms with Crippen LogP contribution in [0, 0.1) is 13.8 Å². The minimum absolute atomic E-state index is 0.212. The number of carbonyl (C=O) groups is 1. The van der Waals surface area contributed by atoms with E-state index in [4.69, 9.17) is 4.74 Å². The molecule has 1 aromatic rings. The fraction of sp³-hybridized carbons (Fsp3) is 0.571. The van der Waals surface area contributed by atoms with Gasteiger partial charge in [0.25, 0.3) is 0 Å². The Labute approximate surface area is 117 Å². The van der Waals surface area contributed by atoms with Gasteiger partial charge in [-0.15, -0.1) is 11.8 Å². The van der Waals surface area contributed by atoms with Crippen molar-refractivity contribution in [2.75, 3.05) is 5.75 Å². The predicted molar refractivity (Wildman–Crippen MR) is 75.0 cm³/mol. The quantitative estimate of drug-likeness (QED) is 0.859. The van der Waals surface area contributed by atoms with Crippen LogP contribution in [0.4, 0.5) is 0 Å². The number of pyridine rings is 1. The highest BCUT2D eigenvalue weighted by Crippen LogP contribution is 2.29. The normalized spacial score (nSPS) is 22.7. The van der Waals surface area contributed by atoms with E-state index in [9.17, 15) is 9.90 Å². The monoisotopic (exact) mass is 281 g/mol. The molecule has 1 fully saturated rings. The highest BCUT2D eigenvalue weighted by Gasteiger charge is 2.23. The fourth-order valence-corrected chi connectivity index (χ4v) is 3.54.